The average molecular weight is 426 g/mol. The van der Waals surface area contributed by atoms with Crippen LogP contribution in [0.5, 0.6) is 0 Å². The standard InChI is InChI=1S/C18H20F2N4O4S/c1-11-21-17(9-22(11)2)29(26,27)23-5-3-13(4-6-23)24-16-8-15(20)14(19)7-12(16)10-28-18(24)25/h7-10,13,16H,3-6H2,1-2H3. The molecule has 4 rings (SSSR count). The number of aromatic nitrogens is 2. The van der Waals surface area contributed by atoms with Crippen LogP contribution in [0.25, 0.3) is 0 Å². The fraction of sp³-hybridized carbons (Fsp3) is 0.444. The highest BCUT2D eigenvalue weighted by atomic mass is 32.2. The lowest BCUT2D eigenvalue weighted by atomic mass is 9.95. The molecule has 0 radical (unpaired) electrons. The number of carbonyl (C=O) groups is 1. The number of piperidine rings is 1. The van der Waals surface area contributed by atoms with Crippen molar-refractivity contribution in [3.05, 3.63) is 47.7 Å². The molecule has 1 fully saturated rings. The molecule has 1 atom stereocenters. The largest absolute Gasteiger partial charge is 0.418 e. The second-order valence-electron chi connectivity index (χ2n) is 7.23. The summed E-state index contributed by atoms with van der Waals surface area (Å²) < 4.78 is 60.9. The summed E-state index contributed by atoms with van der Waals surface area (Å²) in [5.41, 5.74) is 0.336. The van der Waals surface area contributed by atoms with E-state index in [1.165, 1.54) is 15.4 Å². The molecule has 1 amide bonds. The summed E-state index contributed by atoms with van der Waals surface area (Å²) in [7, 11) is -2.03. The third-order valence-corrected chi connectivity index (χ3v) is 7.25. The van der Waals surface area contributed by atoms with Crippen molar-refractivity contribution in [3.63, 3.8) is 0 Å². The normalized spacial score (nSPS) is 23.9. The number of rotatable bonds is 3. The summed E-state index contributed by atoms with van der Waals surface area (Å²) in [5.74, 6) is -1.46. The van der Waals surface area contributed by atoms with Gasteiger partial charge in [-0.05, 0) is 31.9 Å². The van der Waals surface area contributed by atoms with Gasteiger partial charge in [-0.25, -0.2) is 27.0 Å². The molecule has 0 spiro atoms. The van der Waals surface area contributed by atoms with Gasteiger partial charge in [0, 0.05) is 37.9 Å². The molecule has 1 saturated heterocycles. The molecular formula is C18H20F2N4O4S. The van der Waals surface area contributed by atoms with Crippen molar-refractivity contribution in [2.24, 2.45) is 7.05 Å². The Morgan fingerprint density at radius 2 is 1.90 bits per heavy atom. The topological polar surface area (TPSA) is 84.7 Å². The SMILES string of the molecule is Cc1nc(S(=O)(=O)N2CCC(N3C(=O)OC=C4C=C(F)C(F)=CC43)CC2)cn1C. The zero-order chi connectivity index (χ0) is 20.9. The summed E-state index contributed by atoms with van der Waals surface area (Å²) in [6.45, 7) is 2.07. The van der Waals surface area contributed by atoms with Crippen molar-refractivity contribution < 1.29 is 26.7 Å². The molecule has 1 aromatic rings. The minimum absolute atomic E-state index is 0.0172. The van der Waals surface area contributed by atoms with Crippen LogP contribution in [-0.4, -0.2) is 58.4 Å². The second kappa shape index (κ2) is 7.06. The van der Waals surface area contributed by atoms with E-state index in [0.717, 1.165) is 18.4 Å². The van der Waals surface area contributed by atoms with Crippen LogP contribution in [0.15, 0.2) is 46.9 Å². The Balaban J connectivity index is 1.51. The molecule has 8 nitrogen and oxygen atoms in total. The third-order valence-electron chi connectivity index (χ3n) is 5.48. The van der Waals surface area contributed by atoms with Crippen molar-refractivity contribution in [2.75, 3.05) is 13.1 Å². The fourth-order valence-corrected chi connectivity index (χ4v) is 5.27. The minimum Gasteiger partial charge on any atom is -0.418 e. The van der Waals surface area contributed by atoms with Crippen LogP contribution < -0.4 is 0 Å². The highest BCUT2D eigenvalue weighted by Crippen LogP contribution is 2.34. The van der Waals surface area contributed by atoms with Crippen LogP contribution in [0.3, 0.4) is 0 Å². The number of hydrogen-bond donors (Lipinski definition) is 0. The minimum atomic E-state index is -3.75. The fourth-order valence-electron chi connectivity index (χ4n) is 3.77. The number of fused-ring (bicyclic) bond motifs is 1. The first-order chi connectivity index (χ1) is 13.7. The van der Waals surface area contributed by atoms with E-state index in [4.69, 9.17) is 4.74 Å². The first-order valence-corrected chi connectivity index (χ1v) is 10.6. The van der Waals surface area contributed by atoms with Gasteiger partial charge in [0.05, 0.1) is 6.04 Å². The number of sulfonamides is 1. The number of hydrogen-bond acceptors (Lipinski definition) is 5. The number of nitrogens with zero attached hydrogens (tertiary/aromatic N) is 4. The number of ether oxygens (including phenoxy) is 1. The molecule has 0 aromatic carbocycles. The average Bonchev–Trinajstić information content (AvgIpc) is 3.03. The van der Waals surface area contributed by atoms with E-state index < -0.39 is 33.8 Å². The molecule has 156 valence electrons. The van der Waals surface area contributed by atoms with Gasteiger partial charge in [0.1, 0.15) is 12.1 Å². The lowest BCUT2D eigenvalue weighted by Gasteiger charge is -2.42. The lowest BCUT2D eigenvalue weighted by Crippen LogP contribution is -2.54. The molecule has 11 heteroatoms. The van der Waals surface area contributed by atoms with Gasteiger partial charge in [0.25, 0.3) is 10.0 Å². The van der Waals surface area contributed by atoms with E-state index in [1.54, 1.807) is 18.5 Å². The van der Waals surface area contributed by atoms with E-state index in [1.807, 2.05) is 0 Å². The van der Waals surface area contributed by atoms with Crippen LogP contribution in [-0.2, 0) is 21.8 Å². The summed E-state index contributed by atoms with van der Waals surface area (Å²) >= 11 is 0. The maximum Gasteiger partial charge on any atom is 0.415 e. The summed E-state index contributed by atoms with van der Waals surface area (Å²) in [6.07, 6.45) is 4.64. The molecule has 0 saturated carbocycles. The Morgan fingerprint density at radius 3 is 2.52 bits per heavy atom. The molecule has 2 aliphatic heterocycles. The van der Waals surface area contributed by atoms with Gasteiger partial charge < -0.3 is 9.30 Å². The van der Waals surface area contributed by atoms with Gasteiger partial charge >= 0.3 is 6.09 Å². The monoisotopic (exact) mass is 426 g/mol. The molecule has 3 aliphatic rings. The first kappa shape index (κ1) is 19.8. The molecule has 3 heterocycles. The van der Waals surface area contributed by atoms with Gasteiger partial charge in [0.2, 0.25) is 0 Å². The molecule has 29 heavy (non-hydrogen) atoms. The highest BCUT2D eigenvalue weighted by Gasteiger charge is 2.41. The van der Waals surface area contributed by atoms with Crippen LogP contribution in [0.2, 0.25) is 0 Å². The smallest absolute Gasteiger partial charge is 0.415 e. The maximum atomic E-state index is 13.8. The number of halogens is 2. The molecule has 1 unspecified atom stereocenters. The molecular weight excluding hydrogens is 406 g/mol. The van der Waals surface area contributed by atoms with Crippen molar-refractivity contribution in [1.82, 2.24) is 18.8 Å². The predicted octanol–water partition coefficient (Wildman–Crippen LogP) is 2.31. The van der Waals surface area contributed by atoms with Crippen molar-refractivity contribution in [3.8, 4) is 0 Å². The first-order valence-electron chi connectivity index (χ1n) is 9.12. The zero-order valence-corrected chi connectivity index (χ0v) is 16.7. The highest BCUT2D eigenvalue weighted by molar-refractivity contribution is 7.89. The number of allylic oxidation sites excluding steroid dienone is 2. The van der Waals surface area contributed by atoms with Gasteiger partial charge in [0.15, 0.2) is 16.7 Å². The van der Waals surface area contributed by atoms with Crippen molar-refractivity contribution in [2.45, 2.75) is 36.9 Å². The quantitative estimate of drug-likeness (QED) is 0.741. The van der Waals surface area contributed by atoms with Crippen molar-refractivity contribution in [1.29, 1.82) is 0 Å². The summed E-state index contributed by atoms with van der Waals surface area (Å²) in [4.78, 5) is 17.8. The van der Waals surface area contributed by atoms with Gasteiger partial charge in [-0.3, -0.25) is 4.90 Å². The Morgan fingerprint density at radius 1 is 1.21 bits per heavy atom. The number of imidazole rings is 1. The Hall–Kier alpha value is -2.53. The summed E-state index contributed by atoms with van der Waals surface area (Å²) in [5, 5.41) is -0.0172. The number of cyclic esters (lactones) is 1. The van der Waals surface area contributed by atoms with Gasteiger partial charge in [-0.2, -0.15) is 4.31 Å². The number of aryl methyl sites for hydroxylation is 2. The molecule has 0 N–H and O–H groups in total. The molecule has 1 aliphatic carbocycles. The van der Waals surface area contributed by atoms with E-state index in [9.17, 15) is 22.0 Å². The number of amides is 1. The second-order valence-corrected chi connectivity index (χ2v) is 9.12. The van der Waals surface area contributed by atoms with Crippen LogP contribution in [0.1, 0.15) is 18.7 Å². The Labute approximate surface area is 166 Å². The van der Waals surface area contributed by atoms with Gasteiger partial charge in [-0.15, -0.1) is 0 Å². The van der Waals surface area contributed by atoms with E-state index in [-0.39, 0.29) is 24.2 Å². The van der Waals surface area contributed by atoms with Gasteiger partial charge in [-0.1, -0.05) is 0 Å². The Bertz CT molecular complexity index is 1030. The van der Waals surface area contributed by atoms with Crippen LogP contribution in [0.4, 0.5) is 13.6 Å². The van der Waals surface area contributed by atoms with E-state index in [2.05, 4.69) is 4.98 Å². The predicted molar refractivity (Wildman–Crippen MR) is 98.3 cm³/mol. The third kappa shape index (κ3) is 3.38. The van der Waals surface area contributed by atoms with Crippen molar-refractivity contribution >= 4 is 16.1 Å². The lowest BCUT2D eigenvalue weighted by molar-refractivity contribution is 0.0800. The molecule has 1 aromatic heterocycles. The zero-order valence-electron chi connectivity index (χ0n) is 15.9. The Kier molecular flexibility index (Phi) is 4.82. The van der Waals surface area contributed by atoms with E-state index >= 15 is 0 Å². The summed E-state index contributed by atoms with van der Waals surface area (Å²) in [6, 6.07) is -1.14. The number of carbonyl (C=O) groups excluding carboxylic acids is 1. The molecule has 0 bridgehead atoms. The maximum absolute atomic E-state index is 13.8. The van der Waals surface area contributed by atoms with Crippen LogP contribution in [0, 0.1) is 6.92 Å². The van der Waals surface area contributed by atoms with Crippen LogP contribution >= 0.6 is 0 Å². The van der Waals surface area contributed by atoms with E-state index in [0.29, 0.717) is 24.2 Å².